The summed E-state index contributed by atoms with van der Waals surface area (Å²) in [6.45, 7) is 1.30. The molecule has 1 aromatic heterocycles. The predicted molar refractivity (Wildman–Crippen MR) is 102 cm³/mol. The molecule has 3 fully saturated rings. The van der Waals surface area contributed by atoms with E-state index in [2.05, 4.69) is 15.6 Å². The van der Waals surface area contributed by atoms with Gasteiger partial charge in [0.1, 0.15) is 11.9 Å². The van der Waals surface area contributed by atoms with Crippen LogP contribution in [0.2, 0.25) is 0 Å². The Hall–Kier alpha value is -3.02. The van der Waals surface area contributed by atoms with E-state index in [1.165, 1.54) is 6.20 Å². The van der Waals surface area contributed by atoms with Gasteiger partial charge in [-0.3, -0.25) is 0 Å². The average Bonchev–Trinajstić information content (AvgIpc) is 3.25. The zero-order valence-corrected chi connectivity index (χ0v) is 15.7. The van der Waals surface area contributed by atoms with Gasteiger partial charge in [0, 0.05) is 43.5 Å². The number of fused-ring (bicyclic) bond motifs is 2. The van der Waals surface area contributed by atoms with Crippen LogP contribution in [0.1, 0.15) is 37.7 Å². The molecule has 0 spiro atoms. The summed E-state index contributed by atoms with van der Waals surface area (Å²) in [6, 6.07) is 5.69. The second kappa shape index (κ2) is 7.54. The summed E-state index contributed by atoms with van der Waals surface area (Å²) < 4.78 is 0. The highest BCUT2D eigenvalue weighted by molar-refractivity contribution is 5.75. The van der Waals surface area contributed by atoms with Crippen molar-refractivity contribution in [1.29, 1.82) is 5.26 Å². The minimum absolute atomic E-state index is 0.0472. The molecule has 0 aliphatic carbocycles. The maximum absolute atomic E-state index is 12.7. The number of hydrogen-bond donors (Lipinski definition) is 3. The van der Waals surface area contributed by atoms with Crippen molar-refractivity contribution in [3.8, 4) is 6.07 Å². The van der Waals surface area contributed by atoms with E-state index in [0.717, 1.165) is 32.1 Å². The maximum atomic E-state index is 12.7. The highest BCUT2D eigenvalue weighted by atomic mass is 16.2. The fourth-order valence-electron chi connectivity index (χ4n) is 4.74. The van der Waals surface area contributed by atoms with Crippen molar-refractivity contribution in [3.63, 3.8) is 0 Å². The van der Waals surface area contributed by atoms with Gasteiger partial charge in [0.25, 0.3) is 0 Å². The summed E-state index contributed by atoms with van der Waals surface area (Å²) in [6.07, 6.45) is 5.86. The molecule has 0 aromatic carbocycles. The van der Waals surface area contributed by atoms with Gasteiger partial charge < -0.3 is 26.2 Å². The third kappa shape index (κ3) is 3.67. The molecule has 4 rings (SSSR count). The second-order valence-corrected chi connectivity index (χ2v) is 7.87. The fraction of sp³-hybridized carbons (Fsp3) is 0.579. The molecule has 3 saturated heterocycles. The Morgan fingerprint density at radius 3 is 2.54 bits per heavy atom. The average molecular weight is 383 g/mol. The molecule has 3 unspecified atom stereocenters. The Morgan fingerprint density at radius 2 is 1.93 bits per heavy atom. The Morgan fingerprint density at radius 1 is 1.18 bits per heavy atom. The lowest BCUT2D eigenvalue weighted by molar-refractivity contribution is 0.136. The number of rotatable bonds is 3. The molecule has 3 atom stereocenters. The second-order valence-electron chi connectivity index (χ2n) is 7.87. The first kappa shape index (κ1) is 18.3. The Labute approximate surface area is 163 Å². The number of piperidine rings is 1. The van der Waals surface area contributed by atoms with Gasteiger partial charge in [0.15, 0.2) is 0 Å². The fourth-order valence-corrected chi connectivity index (χ4v) is 4.74. The van der Waals surface area contributed by atoms with Gasteiger partial charge >= 0.3 is 12.1 Å². The first-order valence-corrected chi connectivity index (χ1v) is 9.79. The lowest BCUT2D eigenvalue weighted by Gasteiger charge is -2.38. The Kier molecular flexibility index (Phi) is 4.94. The normalized spacial score (nSPS) is 28.7. The van der Waals surface area contributed by atoms with Crippen LogP contribution >= 0.6 is 0 Å². The molecule has 4 amide bonds. The number of nitrogens with two attached hydrogens (primary N) is 1. The molecule has 0 radical (unpaired) electrons. The number of nitrogens with one attached hydrogen (secondary N) is 2. The van der Waals surface area contributed by atoms with Crippen molar-refractivity contribution < 1.29 is 9.59 Å². The SMILES string of the molecule is N#Cc1ccc(NC2CCN(C(=O)NC3CC4CCC(C3)N4C(N)=O)C2)nc1. The van der Waals surface area contributed by atoms with E-state index >= 15 is 0 Å². The number of carbonyl (C=O) groups excluding carboxylic acids is 2. The lowest BCUT2D eigenvalue weighted by atomic mass is 9.98. The van der Waals surface area contributed by atoms with Gasteiger partial charge in [-0.25, -0.2) is 14.6 Å². The van der Waals surface area contributed by atoms with E-state index in [0.29, 0.717) is 24.5 Å². The maximum Gasteiger partial charge on any atom is 0.317 e. The Balaban J connectivity index is 1.27. The molecule has 4 N–H and O–H groups in total. The van der Waals surface area contributed by atoms with Crippen molar-refractivity contribution >= 4 is 17.9 Å². The number of likely N-dealkylation sites (tertiary alicyclic amines) is 1. The van der Waals surface area contributed by atoms with Crippen molar-refractivity contribution in [2.45, 2.75) is 56.3 Å². The van der Waals surface area contributed by atoms with E-state index in [4.69, 9.17) is 11.0 Å². The van der Waals surface area contributed by atoms with Crippen molar-refractivity contribution in [2.75, 3.05) is 18.4 Å². The van der Waals surface area contributed by atoms with Crippen LogP contribution in [0.25, 0.3) is 0 Å². The Bertz CT molecular complexity index is 776. The van der Waals surface area contributed by atoms with Crippen LogP contribution in [-0.4, -0.2) is 64.1 Å². The number of urea groups is 2. The van der Waals surface area contributed by atoms with Crippen molar-refractivity contribution in [1.82, 2.24) is 20.1 Å². The molecular formula is C19H25N7O2. The van der Waals surface area contributed by atoms with E-state index in [1.54, 1.807) is 17.0 Å². The van der Waals surface area contributed by atoms with Gasteiger partial charge in [-0.15, -0.1) is 0 Å². The van der Waals surface area contributed by atoms with Crippen molar-refractivity contribution in [2.24, 2.45) is 5.73 Å². The van der Waals surface area contributed by atoms with Crippen LogP contribution in [-0.2, 0) is 0 Å². The predicted octanol–water partition coefficient (Wildman–Crippen LogP) is 1.22. The van der Waals surface area contributed by atoms with Crippen molar-refractivity contribution in [3.05, 3.63) is 23.9 Å². The monoisotopic (exact) mass is 383 g/mol. The van der Waals surface area contributed by atoms with Gasteiger partial charge in [0.2, 0.25) is 0 Å². The zero-order chi connectivity index (χ0) is 19.7. The minimum atomic E-state index is -0.345. The molecule has 3 aliphatic heterocycles. The number of pyridine rings is 1. The topological polar surface area (TPSA) is 127 Å². The molecule has 3 aliphatic rings. The molecule has 1 aromatic rings. The van der Waals surface area contributed by atoms with E-state index in [1.807, 2.05) is 11.0 Å². The molecule has 9 heteroatoms. The quantitative estimate of drug-likeness (QED) is 0.723. The summed E-state index contributed by atoms with van der Waals surface area (Å²) in [5.41, 5.74) is 6.02. The smallest absolute Gasteiger partial charge is 0.317 e. The first-order chi connectivity index (χ1) is 13.5. The number of hydrogen-bond acceptors (Lipinski definition) is 5. The zero-order valence-electron chi connectivity index (χ0n) is 15.7. The minimum Gasteiger partial charge on any atom is -0.365 e. The van der Waals surface area contributed by atoms with E-state index < -0.39 is 0 Å². The molecule has 148 valence electrons. The highest BCUT2D eigenvalue weighted by Gasteiger charge is 2.43. The lowest BCUT2D eigenvalue weighted by Crippen LogP contribution is -2.55. The molecule has 0 saturated carbocycles. The molecule has 9 nitrogen and oxygen atoms in total. The number of nitriles is 1. The molecule has 2 bridgehead atoms. The number of anilines is 1. The van der Waals surface area contributed by atoms with E-state index in [9.17, 15) is 9.59 Å². The first-order valence-electron chi connectivity index (χ1n) is 9.79. The van der Waals surface area contributed by atoms with Crippen LogP contribution in [0.5, 0.6) is 0 Å². The summed E-state index contributed by atoms with van der Waals surface area (Å²) in [5, 5.41) is 15.3. The highest BCUT2D eigenvalue weighted by Crippen LogP contribution is 2.35. The standard InChI is InChI=1S/C19H25N7O2/c20-9-12-1-4-17(22-10-12)23-13-5-6-25(11-13)19(28)24-14-7-15-2-3-16(8-14)26(15)18(21)27/h1,4,10,13-16H,2-3,5-8,11H2,(H2,21,27)(H,22,23)(H,24,28). The van der Waals surface area contributed by atoms with Gasteiger partial charge in [0.05, 0.1) is 5.56 Å². The number of nitrogens with zero attached hydrogens (tertiary/aromatic N) is 4. The summed E-state index contributed by atoms with van der Waals surface area (Å²) in [5.74, 6) is 0.710. The summed E-state index contributed by atoms with van der Waals surface area (Å²) in [4.78, 5) is 32.1. The number of primary amides is 1. The van der Waals surface area contributed by atoms with Crippen LogP contribution in [0.4, 0.5) is 15.4 Å². The van der Waals surface area contributed by atoms with Crippen LogP contribution < -0.4 is 16.4 Å². The third-order valence-electron chi connectivity index (χ3n) is 6.04. The largest absolute Gasteiger partial charge is 0.365 e. The van der Waals surface area contributed by atoms with Gasteiger partial charge in [-0.1, -0.05) is 0 Å². The van der Waals surface area contributed by atoms with Gasteiger partial charge in [-0.05, 0) is 44.2 Å². The van der Waals surface area contributed by atoms with E-state index in [-0.39, 0.29) is 36.2 Å². The molecule has 4 heterocycles. The number of carbonyl (C=O) groups is 2. The molecular weight excluding hydrogens is 358 g/mol. The third-order valence-corrected chi connectivity index (χ3v) is 6.04. The van der Waals surface area contributed by atoms with Crippen LogP contribution in [0.3, 0.4) is 0 Å². The van der Waals surface area contributed by atoms with Crippen LogP contribution in [0, 0.1) is 11.3 Å². The molecule has 28 heavy (non-hydrogen) atoms. The number of amides is 4. The summed E-state index contributed by atoms with van der Waals surface area (Å²) in [7, 11) is 0. The summed E-state index contributed by atoms with van der Waals surface area (Å²) >= 11 is 0. The number of aromatic nitrogens is 1. The van der Waals surface area contributed by atoms with Crippen LogP contribution in [0.15, 0.2) is 18.3 Å². The van der Waals surface area contributed by atoms with Gasteiger partial charge in [-0.2, -0.15) is 5.26 Å².